The van der Waals surface area contributed by atoms with Crippen LogP contribution in [-0.2, 0) is 6.42 Å². The minimum Gasteiger partial charge on any atom is -0.455 e. The third-order valence-electron chi connectivity index (χ3n) is 7.92. The lowest BCUT2D eigenvalue weighted by Gasteiger charge is -2.11. The van der Waals surface area contributed by atoms with Gasteiger partial charge in [-0.3, -0.25) is 4.98 Å². The molecular weight excluding hydrogens is 464 g/mol. The first-order chi connectivity index (χ1) is 18.8. The SMILES string of the molecule is CC1=CCCc2c1oc1c(-c3cccc(-c4cnc5c6ccccc6c6ccccc6c5n4)c3)cccc21. The summed E-state index contributed by atoms with van der Waals surface area (Å²) in [4.78, 5) is 10.1. The van der Waals surface area contributed by atoms with Gasteiger partial charge < -0.3 is 4.42 Å². The van der Waals surface area contributed by atoms with E-state index in [0.29, 0.717) is 0 Å². The van der Waals surface area contributed by atoms with Crippen LogP contribution in [0.2, 0.25) is 0 Å². The predicted octanol–water partition coefficient (Wildman–Crippen LogP) is 9.37. The number of fused-ring (bicyclic) bond motifs is 9. The average molecular weight is 489 g/mol. The lowest BCUT2D eigenvalue weighted by atomic mass is 9.94. The van der Waals surface area contributed by atoms with Crippen LogP contribution >= 0.6 is 0 Å². The second-order valence-electron chi connectivity index (χ2n) is 10.1. The summed E-state index contributed by atoms with van der Waals surface area (Å²) in [7, 11) is 0. The van der Waals surface area contributed by atoms with E-state index in [4.69, 9.17) is 14.4 Å². The summed E-state index contributed by atoms with van der Waals surface area (Å²) in [6.45, 7) is 2.14. The standard InChI is InChI=1S/C35H24N2O/c1-21-9-6-17-29-30-18-8-16-24(35(30)38-34(21)29)22-10-7-11-23(19-22)31-20-36-32-27-14-4-2-12-25(27)26-13-3-5-15-28(26)33(32)37-31/h2-5,7-16,18-20H,6,17H2,1H3. The van der Waals surface area contributed by atoms with Crippen LogP contribution in [-0.4, -0.2) is 9.97 Å². The highest BCUT2D eigenvalue weighted by atomic mass is 16.3. The zero-order chi connectivity index (χ0) is 25.2. The van der Waals surface area contributed by atoms with E-state index in [2.05, 4.69) is 104 Å². The van der Waals surface area contributed by atoms with E-state index in [1.54, 1.807) is 0 Å². The highest BCUT2D eigenvalue weighted by molar-refractivity contribution is 6.23. The van der Waals surface area contributed by atoms with Crippen LogP contribution in [0.5, 0.6) is 0 Å². The molecule has 0 aliphatic heterocycles. The number of hydrogen-bond acceptors (Lipinski definition) is 3. The second kappa shape index (κ2) is 8.12. The Bertz CT molecular complexity index is 2060. The molecular formula is C35H24N2O. The normalized spacial score (nSPS) is 13.3. The van der Waals surface area contributed by atoms with Crippen molar-refractivity contribution in [3.05, 3.63) is 115 Å². The molecule has 5 aromatic carbocycles. The van der Waals surface area contributed by atoms with Crippen LogP contribution in [0.3, 0.4) is 0 Å². The molecule has 1 aliphatic rings. The number of para-hydroxylation sites is 1. The smallest absolute Gasteiger partial charge is 0.142 e. The number of aromatic nitrogens is 2. The lowest BCUT2D eigenvalue weighted by molar-refractivity contribution is 0.590. The molecule has 2 aromatic heterocycles. The highest BCUT2D eigenvalue weighted by Crippen LogP contribution is 2.40. The maximum absolute atomic E-state index is 6.48. The van der Waals surface area contributed by atoms with Gasteiger partial charge in [0.25, 0.3) is 0 Å². The zero-order valence-electron chi connectivity index (χ0n) is 21.0. The van der Waals surface area contributed by atoms with Crippen molar-refractivity contribution < 1.29 is 4.42 Å². The van der Waals surface area contributed by atoms with Gasteiger partial charge >= 0.3 is 0 Å². The summed E-state index contributed by atoms with van der Waals surface area (Å²) < 4.78 is 6.48. The van der Waals surface area contributed by atoms with E-state index in [9.17, 15) is 0 Å². The topological polar surface area (TPSA) is 38.9 Å². The molecule has 0 unspecified atom stereocenters. The van der Waals surface area contributed by atoms with E-state index < -0.39 is 0 Å². The number of nitrogens with zero attached hydrogens (tertiary/aromatic N) is 2. The second-order valence-corrected chi connectivity index (χ2v) is 10.1. The minimum atomic E-state index is 0.865. The Hall–Kier alpha value is -4.76. The molecule has 0 N–H and O–H groups in total. The van der Waals surface area contributed by atoms with Gasteiger partial charge in [-0.05, 0) is 47.7 Å². The number of rotatable bonds is 2. The molecule has 3 heteroatoms. The summed E-state index contributed by atoms with van der Waals surface area (Å²) in [6, 6.07) is 32.0. The summed E-state index contributed by atoms with van der Waals surface area (Å²) in [5, 5.41) is 5.89. The average Bonchev–Trinajstić information content (AvgIpc) is 3.37. The van der Waals surface area contributed by atoms with Crippen molar-refractivity contribution in [2.75, 3.05) is 0 Å². The molecule has 2 heterocycles. The molecule has 0 saturated carbocycles. The monoisotopic (exact) mass is 488 g/mol. The molecule has 0 saturated heterocycles. The van der Waals surface area contributed by atoms with Gasteiger partial charge in [-0.15, -0.1) is 0 Å². The Morgan fingerprint density at radius 2 is 1.37 bits per heavy atom. The van der Waals surface area contributed by atoms with Crippen molar-refractivity contribution in [3.63, 3.8) is 0 Å². The maximum Gasteiger partial charge on any atom is 0.142 e. The molecule has 180 valence electrons. The first-order valence-electron chi connectivity index (χ1n) is 13.1. The summed E-state index contributed by atoms with van der Waals surface area (Å²) in [5.41, 5.74) is 9.53. The zero-order valence-corrected chi connectivity index (χ0v) is 21.0. The molecule has 0 amide bonds. The van der Waals surface area contributed by atoms with Gasteiger partial charge in [0.2, 0.25) is 0 Å². The number of aryl methyl sites for hydroxylation is 1. The van der Waals surface area contributed by atoms with Crippen molar-refractivity contribution in [1.29, 1.82) is 0 Å². The number of allylic oxidation sites excluding steroid dienone is 2. The molecule has 3 nitrogen and oxygen atoms in total. The van der Waals surface area contributed by atoms with Gasteiger partial charge in [-0.25, -0.2) is 4.98 Å². The van der Waals surface area contributed by atoms with Gasteiger partial charge in [0.05, 0.1) is 22.9 Å². The molecule has 7 aromatic rings. The van der Waals surface area contributed by atoms with Crippen LogP contribution in [0.25, 0.3) is 71.5 Å². The highest BCUT2D eigenvalue weighted by Gasteiger charge is 2.20. The molecule has 8 rings (SSSR count). The van der Waals surface area contributed by atoms with Gasteiger partial charge in [-0.2, -0.15) is 0 Å². The summed E-state index contributed by atoms with van der Waals surface area (Å²) in [5.74, 6) is 1.04. The van der Waals surface area contributed by atoms with Crippen LogP contribution in [0.4, 0.5) is 0 Å². The molecule has 0 fully saturated rings. The van der Waals surface area contributed by atoms with Crippen LogP contribution in [0.15, 0.2) is 108 Å². The van der Waals surface area contributed by atoms with Gasteiger partial charge in [0.15, 0.2) is 0 Å². The predicted molar refractivity (Wildman–Crippen MR) is 157 cm³/mol. The fourth-order valence-electron chi connectivity index (χ4n) is 6.10. The quantitative estimate of drug-likeness (QED) is 0.228. The summed E-state index contributed by atoms with van der Waals surface area (Å²) >= 11 is 0. The van der Waals surface area contributed by atoms with Crippen LogP contribution in [0, 0.1) is 0 Å². The number of benzene rings is 5. The fourth-order valence-corrected chi connectivity index (χ4v) is 6.10. The van der Waals surface area contributed by atoms with E-state index in [1.807, 2.05) is 6.20 Å². The third-order valence-corrected chi connectivity index (χ3v) is 7.92. The first kappa shape index (κ1) is 21.3. The molecule has 38 heavy (non-hydrogen) atoms. The van der Waals surface area contributed by atoms with Crippen molar-refractivity contribution in [2.24, 2.45) is 0 Å². The van der Waals surface area contributed by atoms with E-state index in [1.165, 1.54) is 27.3 Å². The Morgan fingerprint density at radius 1 is 0.684 bits per heavy atom. The van der Waals surface area contributed by atoms with Crippen molar-refractivity contribution >= 4 is 49.1 Å². The lowest BCUT2D eigenvalue weighted by Crippen LogP contribution is -1.93. The van der Waals surface area contributed by atoms with E-state index >= 15 is 0 Å². The number of hydrogen-bond donors (Lipinski definition) is 0. The van der Waals surface area contributed by atoms with Crippen molar-refractivity contribution in [1.82, 2.24) is 9.97 Å². The first-order valence-corrected chi connectivity index (χ1v) is 13.1. The Balaban J connectivity index is 1.32. The molecule has 0 radical (unpaired) electrons. The molecule has 0 bridgehead atoms. The molecule has 0 spiro atoms. The minimum absolute atomic E-state index is 0.865. The Morgan fingerprint density at radius 3 is 2.18 bits per heavy atom. The van der Waals surface area contributed by atoms with E-state index in [-0.39, 0.29) is 0 Å². The van der Waals surface area contributed by atoms with Gasteiger partial charge in [0, 0.05) is 32.8 Å². The van der Waals surface area contributed by atoms with Gasteiger partial charge in [-0.1, -0.05) is 91.0 Å². The van der Waals surface area contributed by atoms with E-state index in [0.717, 1.165) is 68.4 Å². The van der Waals surface area contributed by atoms with Crippen molar-refractivity contribution in [3.8, 4) is 22.4 Å². The third kappa shape index (κ3) is 3.08. The molecule has 1 aliphatic carbocycles. The van der Waals surface area contributed by atoms with Crippen LogP contribution in [0.1, 0.15) is 24.7 Å². The largest absolute Gasteiger partial charge is 0.455 e. The van der Waals surface area contributed by atoms with Crippen molar-refractivity contribution in [2.45, 2.75) is 19.8 Å². The molecule has 0 atom stereocenters. The Kier molecular flexibility index (Phi) is 4.56. The maximum atomic E-state index is 6.48. The summed E-state index contributed by atoms with van der Waals surface area (Å²) in [6.07, 6.45) is 6.27. The van der Waals surface area contributed by atoms with Crippen LogP contribution < -0.4 is 0 Å². The van der Waals surface area contributed by atoms with Gasteiger partial charge in [0.1, 0.15) is 11.3 Å². The fraction of sp³-hybridized carbons (Fsp3) is 0.0857. The Labute approximate surface area is 220 Å². The number of furan rings is 1.